The summed E-state index contributed by atoms with van der Waals surface area (Å²) in [5, 5.41) is 2.49. The molecule has 0 atom stereocenters. The number of rotatable bonds is 8. The molecule has 0 aliphatic carbocycles. The van der Waals surface area contributed by atoms with Gasteiger partial charge in [-0.1, -0.05) is 29.3 Å². The number of methoxy groups -OCH3 is 1. The van der Waals surface area contributed by atoms with Gasteiger partial charge in [0.2, 0.25) is 5.91 Å². The van der Waals surface area contributed by atoms with Gasteiger partial charge in [0.25, 0.3) is 11.1 Å². The Morgan fingerprint density at radius 3 is 2.59 bits per heavy atom. The molecule has 1 N–H and O–H groups in total. The Morgan fingerprint density at radius 2 is 1.90 bits per heavy atom. The zero-order valence-electron chi connectivity index (χ0n) is 19.9. The molecule has 7 nitrogen and oxygen atoms in total. The van der Waals surface area contributed by atoms with E-state index < -0.39 is 35.2 Å². The van der Waals surface area contributed by atoms with Crippen molar-refractivity contribution in [1.82, 2.24) is 4.90 Å². The van der Waals surface area contributed by atoms with Gasteiger partial charge < -0.3 is 14.8 Å². The van der Waals surface area contributed by atoms with Crippen molar-refractivity contribution in [2.24, 2.45) is 0 Å². The fourth-order valence-electron chi connectivity index (χ4n) is 3.46. The van der Waals surface area contributed by atoms with E-state index in [1.165, 1.54) is 13.2 Å². The van der Waals surface area contributed by atoms with Gasteiger partial charge in [0.1, 0.15) is 24.8 Å². The number of carbonyl (C=O) groups excluding carboxylic acids is 3. The van der Waals surface area contributed by atoms with E-state index in [1.54, 1.807) is 30.3 Å². The van der Waals surface area contributed by atoms with Gasteiger partial charge >= 0.3 is 0 Å². The van der Waals surface area contributed by atoms with Gasteiger partial charge in [0.05, 0.1) is 22.2 Å². The predicted molar refractivity (Wildman–Crippen MR) is 149 cm³/mol. The third-order valence-corrected chi connectivity index (χ3v) is 7.40. The Hall–Kier alpha value is -3.12. The summed E-state index contributed by atoms with van der Waals surface area (Å²) in [6.45, 7) is -0.515. The molecule has 202 valence electrons. The lowest BCUT2D eigenvalue weighted by Gasteiger charge is -2.14. The Labute approximate surface area is 244 Å². The molecule has 1 aliphatic heterocycles. The van der Waals surface area contributed by atoms with Crippen molar-refractivity contribution in [3.05, 3.63) is 90.7 Å². The molecular weight excluding hydrogens is 641 g/mol. The number of imide groups is 1. The van der Waals surface area contributed by atoms with Crippen LogP contribution in [0.4, 0.5) is 19.3 Å². The summed E-state index contributed by atoms with van der Waals surface area (Å²) in [5.41, 5.74) is 0.944. The first kappa shape index (κ1) is 28.9. The summed E-state index contributed by atoms with van der Waals surface area (Å²) in [4.78, 5) is 38.4. The second-order valence-electron chi connectivity index (χ2n) is 8.00. The van der Waals surface area contributed by atoms with Gasteiger partial charge in [-0.3, -0.25) is 19.3 Å². The largest absolute Gasteiger partial charge is 0.493 e. The Balaban J connectivity index is 1.47. The molecule has 3 aromatic rings. The molecule has 0 bridgehead atoms. The van der Waals surface area contributed by atoms with E-state index in [0.29, 0.717) is 55.0 Å². The number of amides is 3. The molecule has 3 amide bonds. The van der Waals surface area contributed by atoms with E-state index in [2.05, 4.69) is 21.2 Å². The topological polar surface area (TPSA) is 84.9 Å². The summed E-state index contributed by atoms with van der Waals surface area (Å²) in [7, 11) is 1.45. The molecule has 3 aromatic carbocycles. The first-order chi connectivity index (χ1) is 18.5. The zero-order valence-corrected chi connectivity index (χ0v) is 23.8. The van der Waals surface area contributed by atoms with Crippen molar-refractivity contribution < 1.29 is 32.6 Å². The van der Waals surface area contributed by atoms with E-state index >= 15 is 0 Å². The molecule has 13 heteroatoms. The summed E-state index contributed by atoms with van der Waals surface area (Å²) >= 11 is 16.2. The van der Waals surface area contributed by atoms with Crippen LogP contribution in [0.25, 0.3) is 6.08 Å². The number of nitrogens with one attached hydrogen (secondary N) is 1. The van der Waals surface area contributed by atoms with Crippen LogP contribution in [0.5, 0.6) is 11.5 Å². The number of thioether (sulfide) groups is 1. The fourth-order valence-corrected chi connectivity index (χ4v) is 5.34. The lowest BCUT2D eigenvalue weighted by atomic mass is 10.1. The van der Waals surface area contributed by atoms with Crippen LogP contribution in [-0.4, -0.2) is 35.6 Å². The van der Waals surface area contributed by atoms with Gasteiger partial charge in [-0.2, -0.15) is 0 Å². The van der Waals surface area contributed by atoms with Crippen molar-refractivity contribution >= 4 is 79.7 Å². The highest BCUT2D eigenvalue weighted by Crippen LogP contribution is 2.40. The normalized spacial score (nSPS) is 14.2. The highest BCUT2D eigenvalue weighted by atomic mass is 79.9. The van der Waals surface area contributed by atoms with Crippen molar-refractivity contribution in [3.63, 3.8) is 0 Å². The average molecular weight is 658 g/mol. The van der Waals surface area contributed by atoms with Gasteiger partial charge in [0, 0.05) is 21.7 Å². The Morgan fingerprint density at radius 1 is 1.13 bits per heavy atom. The van der Waals surface area contributed by atoms with Crippen molar-refractivity contribution in [3.8, 4) is 11.5 Å². The SMILES string of the molecule is COc1cc(/C=C2/SC(=O)N(CC(=O)Nc3ccc(F)cc3F)C2=O)cc(Br)c1OCc1ccc(Cl)cc1Cl. The van der Waals surface area contributed by atoms with Gasteiger partial charge in [-0.05, 0) is 75.7 Å². The summed E-state index contributed by atoms with van der Waals surface area (Å²) < 4.78 is 38.8. The molecule has 1 aliphatic rings. The molecule has 0 radical (unpaired) electrons. The molecule has 39 heavy (non-hydrogen) atoms. The van der Waals surface area contributed by atoms with Gasteiger partial charge in [-0.15, -0.1) is 0 Å². The Kier molecular flexibility index (Phi) is 9.16. The molecule has 1 heterocycles. The molecular formula is C26H17BrCl2F2N2O5S. The van der Waals surface area contributed by atoms with E-state index in [0.717, 1.165) is 17.0 Å². The monoisotopic (exact) mass is 656 g/mol. The minimum absolute atomic E-state index is 0.0660. The second kappa shape index (κ2) is 12.4. The van der Waals surface area contributed by atoms with Crippen LogP contribution in [0.3, 0.4) is 0 Å². The number of anilines is 1. The maximum Gasteiger partial charge on any atom is 0.294 e. The minimum atomic E-state index is -0.986. The number of nitrogens with zero attached hydrogens (tertiary/aromatic N) is 1. The highest BCUT2D eigenvalue weighted by molar-refractivity contribution is 9.10. The fraction of sp³-hybridized carbons (Fsp3) is 0.115. The highest BCUT2D eigenvalue weighted by Gasteiger charge is 2.36. The summed E-state index contributed by atoms with van der Waals surface area (Å²) in [5.74, 6) is -2.58. The summed E-state index contributed by atoms with van der Waals surface area (Å²) in [6.07, 6.45) is 1.47. The zero-order chi connectivity index (χ0) is 28.3. The smallest absolute Gasteiger partial charge is 0.294 e. The van der Waals surface area contributed by atoms with Crippen molar-refractivity contribution in [2.45, 2.75) is 6.61 Å². The van der Waals surface area contributed by atoms with Crippen LogP contribution in [0.2, 0.25) is 10.0 Å². The lowest BCUT2D eigenvalue weighted by Crippen LogP contribution is -2.36. The standard InChI is InChI=1S/C26H17BrCl2F2N2O5S/c1-37-21-7-13(6-17(27)24(21)38-12-14-2-3-15(28)9-18(14)29)8-22-25(35)33(26(36)39-22)11-23(34)32-20-5-4-16(30)10-19(20)31/h2-10H,11-12H2,1H3,(H,32,34)/b22-8+. The average Bonchev–Trinajstić information content (AvgIpc) is 3.13. The first-order valence-electron chi connectivity index (χ1n) is 11.0. The van der Waals surface area contributed by atoms with Crippen LogP contribution < -0.4 is 14.8 Å². The van der Waals surface area contributed by atoms with E-state index in [1.807, 2.05) is 0 Å². The van der Waals surface area contributed by atoms with Crippen LogP contribution in [-0.2, 0) is 16.2 Å². The van der Waals surface area contributed by atoms with Gasteiger partial charge in [-0.25, -0.2) is 8.78 Å². The number of halogens is 5. The number of benzene rings is 3. The molecule has 1 saturated heterocycles. The minimum Gasteiger partial charge on any atom is -0.493 e. The second-order valence-corrected chi connectivity index (χ2v) is 10.7. The van der Waals surface area contributed by atoms with Crippen molar-refractivity contribution in [1.29, 1.82) is 0 Å². The first-order valence-corrected chi connectivity index (χ1v) is 13.4. The molecule has 4 rings (SSSR count). The maximum atomic E-state index is 13.8. The Bertz CT molecular complexity index is 1520. The number of ether oxygens (including phenoxy) is 2. The third-order valence-electron chi connectivity index (χ3n) is 5.32. The molecule has 0 unspecified atom stereocenters. The van der Waals surface area contributed by atoms with Crippen LogP contribution >= 0.6 is 50.9 Å². The van der Waals surface area contributed by atoms with E-state index in [4.69, 9.17) is 32.7 Å². The predicted octanol–water partition coefficient (Wildman–Crippen LogP) is 7.30. The number of hydrogen-bond acceptors (Lipinski definition) is 6. The van der Waals surface area contributed by atoms with Crippen LogP contribution in [0.15, 0.2) is 57.9 Å². The van der Waals surface area contributed by atoms with Crippen molar-refractivity contribution in [2.75, 3.05) is 19.0 Å². The lowest BCUT2D eigenvalue weighted by molar-refractivity contribution is -0.127. The van der Waals surface area contributed by atoms with Crippen LogP contribution in [0.1, 0.15) is 11.1 Å². The number of hydrogen-bond donors (Lipinski definition) is 1. The van der Waals surface area contributed by atoms with Gasteiger partial charge in [0.15, 0.2) is 11.5 Å². The molecule has 0 saturated carbocycles. The molecule has 0 aromatic heterocycles. The summed E-state index contributed by atoms with van der Waals surface area (Å²) in [6, 6.07) is 10.9. The van der Waals surface area contributed by atoms with E-state index in [-0.39, 0.29) is 17.2 Å². The third kappa shape index (κ3) is 6.91. The molecule has 0 spiro atoms. The van der Waals surface area contributed by atoms with Crippen LogP contribution in [0, 0.1) is 11.6 Å². The quantitative estimate of drug-likeness (QED) is 0.256. The molecule has 1 fully saturated rings. The maximum absolute atomic E-state index is 13.8. The number of carbonyl (C=O) groups is 3. The van der Waals surface area contributed by atoms with E-state index in [9.17, 15) is 23.2 Å².